The third-order valence-electron chi connectivity index (χ3n) is 1.76. The van der Waals surface area contributed by atoms with Gasteiger partial charge in [-0.3, -0.25) is 0 Å². The maximum atomic E-state index is 12.0. The first-order chi connectivity index (χ1) is 6.00. The van der Waals surface area contributed by atoms with Gasteiger partial charge in [-0.2, -0.15) is 17.7 Å². The van der Waals surface area contributed by atoms with Crippen molar-refractivity contribution in [2.24, 2.45) is 0 Å². The molecule has 0 aromatic rings. The maximum absolute atomic E-state index is 12.0. The molecule has 1 aliphatic heterocycles. The molecule has 13 heavy (non-hydrogen) atoms. The molecule has 1 saturated heterocycles. The topological polar surface area (TPSA) is 12.2 Å². The van der Waals surface area contributed by atoms with Crippen LogP contribution in [-0.4, -0.2) is 42.9 Å². The highest BCUT2D eigenvalue weighted by molar-refractivity contribution is 5.53. The quantitative estimate of drug-likeness (QED) is 0.528. The van der Waals surface area contributed by atoms with Gasteiger partial charge in [-0.25, -0.2) is 0 Å². The van der Waals surface area contributed by atoms with E-state index in [-0.39, 0.29) is 0 Å². The van der Waals surface area contributed by atoms with Crippen molar-refractivity contribution in [3.8, 4) is 0 Å². The first-order valence-corrected chi connectivity index (χ1v) is 4.00. The molecule has 0 saturated carbocycles. The first-order valence-electron chi connectivity index (χ1n) is 4.00. The molecule has 1 rings (SSSR count). The lowest BCUT2D eigenvalue weighted by Gasteiger charge is -2.08. The summed E-state index contributed by atoms with van der Waals surface area (Å²) < 4.78 is 42.6. The SMILES string of the molecule is CC(=C=[N+]1CCOCC1)C(F)(F)F. The van der Waals surface area contributed by atoms with E-state index in [0.29, 0.717) is 26.3 Å². The zero-order valence-electron chi connectivity index (χ0n) is 7.32. The molecular formula is C8H11F3NO+. The van der Waals surface area contributed by atoms with Crippen molar-refractivity contribution in [2.75, 3.05) is 26.3 Å². The number of ether oxygens (including phenoxy) is 1. The van der Waals surface area contributed by atoms with Crippen molar-refractivity contribution in [1.82, 2.24) is 0 Å². The largest absolute Gasteiger partial charge is 0.425 e. The second kappa shape index (κ2) is 3.94. The number of halogens is 3. The molecule has 0 spiro atoms. The molecule has 0 atom stereocenters. The van der Waals surface area contributed by atoms with Crippen LogP contribution in [0, 0.1) is 0 Å². The molecule has 5 heteroatoms. The number of alkyl halides is 3. The molecule has 0 amide bonds. The van der Waals surface area contributed by atoms with E-state index in [0.717, 1.165) is 6.92 Å². The second-order valence-corrected chi connectivity index (χ2v) is 2.83. The minimum absolute atomic E-state index is 0.470. The standard InChI is InChI=1S/C8H11F3NO/c1-7(8(9,10)11)6-12-2-4-13-5-3-12/h2-5H2,1H3/q+1. The van der Waals surface area contributed by atoms with Gasteiger partial charge in [0.15, 0.2) is 19.0 Å². The van der Waals surface area contributed by atoms with Crippen LogP contribution in [0.1, 0.15) is 6.92 Å². The molecule has 0 aliphatic carbocycles. The number of nitrogens with zero attached hydrogens (tertiary/aromatic N) is 1. The van der Waals surface area contributed by atoms with Crippen LogP contribution in [0.15, 0.2) is 5.57 Å². The lowest BCUT2D eigenvalue weighted by atomic mass is 10.3. The summed E-state index contributed by atoms with van der Waals surface area (Å²) in [7, 11) is 0. The van der Waals surface area contributed by atoms with Gasteiger partial charge in [0.05, 0.1) is 0 Å². The zero-order chi connectivity index (χ0) is 9.90. The average molecular weight is 194 g/mol. The fourth-order valence-corrected chi connectivity index (χ4v) is 0.976. The highest BCUT2D eigenvalue weighted by Crippen LogP contribution is 2.22. The molecule has 2 nitrogen and oxygen atoms in total. The van der Waals surface area contributed by atoms with Crippen molar-refractivity contribution < 1.29 is 22.5 Å². The minimum Gasteiger partial charge on any atom is -0.368 e. The predicted molar refractivity (Wildman–Crippen MR) is 41.1 cm³/mol. The molecule has 1 aliphatic rings. The first kappa shape index (κ1) is 10.3. The van der Waals surface area contributed by atoms with E-state index in [1.54, 1.807) is 0 Å². The molecule has 0 aromatic heterocycles. The molecule has 0 radical (unpaired) electrons. The van der Waals surface area contributed by atoms with Crippen molar-refractivity contribution in [2.45, 2.75) is 13.1 Å². The lowest BCUT2D eigenvalue weighted by Crippen LogP contribution is -2.29. The van der Waals surface area contributed by atoms with Crippen LogP contribution in [0.3, 0.4) is 0 Å². The van der Waals surface area contributed by atoms with Crippen LogP contribution >= 0.6 is 0 Å². The van der Waals surface area contributed by atoms with Crippen LogP contribution in [0.4, 0.5) is 13.2 Å². The fraction of sp³-hybridized carbons (Fsp3) is 0.750. The van der Waals surface area contributed by atoms with Gasteiger partial charge in [0.25, 0.3) is 0 Å². The fourth-order valence-electron chi connectivity index (χ4n) is 0.976. The van der Waals surface area contributed by atoms with Crippen LogP contribution in [0.25, 0.3) is 0 Å². The second-order valence-electron chi connectivity index (χ2n) is 2.83. The summed E-state index contributed by atoms with van der Waals surface area (Å²) in [5.74, 6) is 2.30. The van der Waals surface area contributed by atoms with E-state index < -0.39 is 11.7 Å². The summed E-state index contributed by atoms with van der Waals surface area (Å²) in [4.78, 5) is 0. The molecule has 74 valence electrons. The molecule has 0 N–H and O–H groups in total. The van der Waals surface area contributed by atoms with Crippen molar-refractivity contribution in [3.63, 3.8) is 0 Å². The summed E-state index contributed by atoms with van der Waals surface area (Å²) in [6, 6.07) is 0. The van der Waals surface area contributed by atoms with Crippen molar-refractivity contribution >= 4 is 5.87 Å². The number of hydrogen-bond donors (Lipinski definition) is 0. The van der Waals surface area contributed by atoms with Gasteiger partial charge in [0, 0.05) is 0 Å². The maximum Gasteiger partial charge on any atom is 0.425 e. The van der Waals surface area contributed by atoms with Crippen LogP contribution < -0.4 is 0 Å². The number of morpholine rings is 1. The summed E-state index contributed by atoms with van der Waals surface area (Å²) in [6.45, 7) is 2.92. The monoisotopic (exact) mass is 194 g/mol. The Morgan fingerprint density at radius 1 is 1.31 bits per heavy atom. The highest BCUT2D eigenvalue weighted by Gasteiger charge is 2.32. The molecule has 1 heterocycles. The third kappa shape index (κ3) is 3.20. The Morgan fingerprint density at radius 3 is 2.31 bits per heavy atom. The highest BCUT2D eigenvalue weighted by atomic mass is 19.4. The Hall–Kier alpha value is -0.800. The average Bonchev–Trinajstić information content (AvgIpc) is 2.04. The number of rotatable bonds is 0. The van der Waals surface area contributed by atoms with Crippen LogP contribution in [-0.2, 0) is 4.74 Å². The van der Waals surface area contributed by atoms with Gasteiger partial charge in [0.1, 0.15) is 18.8 Å². The van der Waals surface area contributed by atoms with Gasteiger partial charge in [-0.05, 0) is 6.92 Å². The van der Waals surface area contributed by atoms with E-state index in [1.165, 1.54) is 4.58 Å². The van der Waals surface area contributed by atoms with Crippen molar-refractivity contribution in [3.05, 3.63) is 5.57 Å². The van der Waals surface area contributed by atoms with Crippen molar-refractivity contribution in [1.29, 1.82) is 0 Å². The van der Waals surface area contributed by atoms with Crippen LogP contribution in [0.2, 0.25) is 0 Å². The summed E-state index contributed by atoms with van der Waals surface area (Å²) >= 11 is 0. The molecule has 0 unspecified atom stereocenters. The smallest absolute Gasteiger partial charge is 0.368 e. The Bertz CT molecular complexity index is 243. The molecule has 0 aromatic carbocycles. The van der Waals surface area contributed by atoms with Gasteiger partial charge < -0.3 is 4.74 Å². The van der Waals surface area contributed by atoms with Gasteiger partial charge in [-0.1, -0.05) is 0 Å². The Balaban J connectivity index is 2.81. The Kier molecular flexibility index (Phi) is 3.12. The molecular weight excluding hydrogens is 183 g/mol. The predicted octanol–water partition coefficient (Wildman–Crippen LogP) is 1.21. The minimum atomic E-state index is -4.27. The van der Waals surface area contributed by atoms with Gasteiger partial charge in [-0.15, -0.1) is 0 Å². The van der Waals surface area contributed by atoms with Gasteiger partial charge in [0.2, 0.25) is 0 Å². The van der Waals surface area contributed by atoms with E-state index in [9.17, 15) is 13.2 Å². The molecule has 1 fully saturated rings. The number of hydrogen-bond acceptors (Lipinski definition) is 1. The summed E-state index contributed by atoms with van der Waals surface area (Å²) in [5, 5.41) is 0. The third-order valence-corrected chi connectivity index (χ3v) is 1.76. The molecule has 0 bridgehead atoms. The van der Waals surface area contributed by atoms with E-state index >= 15 is 0 Å². The summed E-state index contributed by atoms with van der Waals surface area (Å²) in [6.07, 6.45) is -4.27. The normalized spacial score (nSPS) is 18.3. The van der Waals surface area contributed by atoms with E-state index in [1.807, 2.05) is 0 Å². The van der Waals surface area contributed by atoms with E-state index in [2.05, 4.69) is 5.87 Å². The van der Waals surface area contributed by atoms with E-state index in [4.69, 9.17) is 4.74 Å². The summed E-state index contributed by atoms with van der Waals surface area (Å²) in [5.41, 5.74) is -0.686. The zero-order valence-corrected chi connectivity index (χ0v) is 7.32. The lowest BCUT2D eigenvalue weighted by molar-refractivity contribution is -0.543. The number of allylic oxidation sites excluding steroid dienone is 1. The Morgan fingerprint density at radius 2 is 1.85 bits per heavy atom. The van der Waals surface area contributed by atoms with Gasteiger partial charge >= 0.3 is 6.18 Å². The van der Waals surface area contributed by atoms with Crippen LogP contribution in [0.5, 0.6) is 0 Å². The Labute approximate surface area is 74.3 Å².